The molecule has 1 aromatic carbocycles. The second-order valence-corrected chi connectivity index (χ2v) is 3.45. The lowest BCUT2D eigenvalue weighted by Crippen LogP contribution is -2.18. The molecule has 1 aromatic rings. The highest BCUT2D eigenvalue weighted by Crippen LogP contribution is 2.31. The number of hydrogen-bond donors (Lipinski definition) is 1. The van der Waals surface area contributed by atoms with Crippen LogP contribution in [0.5, 0.6) is 0 Å². The standard InChI is InChI=1S/C11H9F3O4/c1-6(15)18-9(10(16)17)7-3-2-4-8(5-7)11(12,13)14/h2-5,9H,1H3,(H,16,17). The summed E-state index contributed by atoms with van der Waals surface area (Å²) in [7, 11) is 0. The monoisotopic (exact) mass is 262 g/mol. The zero-order valence-corrected chi connectivity index (χ0v) is 9.19. The van der Waals surface area contributed by atoms with Crippen LogP contribution in [0, 0.1) is 0 Å². The van der Waals surface area contributed by atoms with Crippen LogP contribution in [0.1, 0.15) is 24.2 Å². The SMILES string of the molecule is CC(=O)OC(C(=O)O)c1cccc(C(F)(F)F)c1. The molecule has 7 heteroatoms. The average Bonchev–Trinajstić information content (AvgIpc) is 2.24. The first-order valence-corrected chi connectivity index (χ1v) is 4.79. The molecule has 0 aliphatic rings. The molecule has 0 spiro atoms. The van der Waals surface area contributed by atoms with Gasteiger partial charge in [-0.1, -0.05) is 12.1 Å². The lowest BCUT2D eigenvalue weighted by atomic mass is 10.1. The molecule has 1 rings (SSSR count). The van der Waals surface area contributed by atoms with E-state index in [0.29, 0.717) is 6.07 Å². The number of carboxylic acid groups (broad SMARTS) is 1. The van der Waals surface area contributed by atoms with Crippen LogP contribution >= 0.6 is 0 Å². The van der Waals surface area contributed by atoms with E-state index in [1.54, 1.807) is 0 Å². The van der Waals surface area contributed by atoms with Crippen molar-refractivity contribution >= 4 is 11.9 Å². The Bertz CT molecular complexity index is 468. The van der Waals surface area contributed by atoms with E-state index in [4.69, 9.17) is 5.11 Å². The second-order valence-electron chi connectivity index (χ2n) is 3.45. The first kappa shape index (κ1) is 14.0. The molecule has 0 bridgehead atoms. The van der Waals surface area contributed by atoms with Crippen LogP contribution in [-0.2, 0) is 20.5 Å². The number of rotatable bonds is 3. The fourth-order valence-corrected chi connectivity index (χ4v) is 1.31. The summed E-state index contributed by atoms with van der Waals surface area (Å²) in [5.74, 6) is -2.43. The molecule has 0 aromatic heterocycles. The molecular weight excluding hydrogens is 253 g/mol. The van der Waals surface area contributed by atoms with Crippen molar-refractivity contribution in [2.45, 2.75) is 19.2 Å². The van der Waals surface area contributed by atoms with Gasteiger partial charge in [0.2, 0.25) is 6.10 Å². The maximum absolute atomic E-state index is 12.4. The summed E-state index contributed by atoms with van der Waals surface area (Å²) in [4.78, 5) is 21.5. The average molecular weight is 262 g/mol. The van der Waals surface area contributed by atoms with Crippen molar-refractivity contribution in [1.29, 1.82) is 0 Å². The van der Waals surface area contributed by atoms with Gasteiger partial charge in [0.25, 0.3) is 0 Å². The Balaban J connectivity index is 3.13. The Labute approximate surface area is 100.0 Å². The van der Waals surface area contributed by atoms with E-state index in [2.05, 4.69) is 4.74 Å². The van der Waals surface area contributed by atoms with E-state index in [0.717, 1.165) is 25.1 Å². The maximum atomic E-state index is 12.4. The van der Waals surface area contributed by atoms with Crippen molar-refractivity contribution in [2.75, 3.05) is 0 Å². The fourth-order valence-electron chi connectivity index (χ4n) is 1.31. The van der Waals surface area contributed by atoms with E-state index in [1.807, 2.05) is 0 Å². The predicted molar refractivity (Wildman–Crippen MR) is 53.6 cm³/mol. The van der Waals surface area contributed by atoms with Gasteiger partial charge in [0.15, 0.2) is 0 Å². The second kappa shape index (κ2) is 5.07. The first-order valence-electron chi connectivity index (χ1n) is 4.79. The number of carboxylic acids is 1. The molecule has 0 amide bonds. The van der Waals surface area contributed by atoms with Crippen LogP contribution in [0.15, 0.2) is 24.3 Å². The van der Waals surface area contributed by atoms with E-state index >= 15 is 0 Å². The highest BCUT2D eigenvalue weighted by atomic mass is 19.4. The maximum Gasteiger partial charge on any atom is 0.416 e. The number of halogens is 3. The minimum atomic E-state index is -4.59. The Kier molecular flexibility index (Phi) is 3.95. The number of carbonyl (C=O) groups is 2. The summed E-state index contributed by atoms with van der Waals surface area (Å²) in [6, 6.07) is 3.65. The van der Waals surface area contributed by atoms with E-state index in [9.17, 15) is 22.8 Å². The van der Waals surface area contributed by atoms with Crippen LogP contribution in [0.3, 0.4) is 0 Å². The van der Waals surface area contributed by atoms with Crippen molar-refractivity contribution < 1.29 is 32.6 Å². The van der Waals surface area contributed by atoms with E-state index in [-0.39, 0.29) is 5.56 Å². The number of aliphatic carboxylic acids is 1. The highest BCUT2D eigenvalue weighted by Gasteiger charge is 2.32. The molecule has 0 saturated carbocycles. The van der Waals surface area contributed by atoms with Gasteiger partial charge in [-0.05, 0) is 12.1 Å². The number of benzene rings is 1. The highest BCUT2D eigenvalue weighted by molar-refractivity contribution is 5.78. The number of esters is 1. The van der Waals surface area contributed by atoms with Crippen LogP contribution in [0.2, 0.25) is 0 Å². The van der Waals surface area contributed by atoms with Gasteiger partial charge in [-0.2, -0.15) is 13.2 Å². The van der Waals surface area contributed by atoms with Crippen molar-refractivity contribution in [1.82, 2.24) is 0 Å². The summed E-state index contributed by atoms with van der Waals surface area (Å²) < 4.78 is 41.8. The van der Waals surface area contributed by atoms with Gasteiger partial charge in [-0.3, -0.25) is 4.79 Å². The van der Waals surface area contributed by atoms with Gasteiger partial charge in [0.1, 0.15) is 0 Å². The summed E-state index contributed by atoms with van der Waals surface area (Å²) in [6.07, 6.45) is -6.33. The lowest BCUT2D eigenvalue weighted by Gasteiger charge is -2.14. The predicted octanol–water partition coefficient (Wildman–Crippen LogP) is 2.39. The van der Waals surface area contributed by atoms with Crippen LogP contribution < -0.4 is 0 Å². The van der Waals surface area contributed by atoms with Crippen molar-refractivity contribution in [2.24, 2.45) is 0 Å². The third-order valence-corrected chi connectivity index (χ3v) is 2.02. The Morgan fingerprint density at radius 3 is 2.39 bits per heavy atom. The zero-order chi connectivity index (χ0) is 13.9. The summed E-state index contributed by atoms with van der Waals surface area (Å²) in [6.45, 7) is 0.976. The number of hydrogen-bond acceptors (Lipinski definition) is 3. The Morgan fingerprint density at radius 2 is 1.94 bits per heavy atom. The molecule has 1 unspecified atom stereocenters. The van der Waals surface area contributed by atoms with Crippen molar-refractivity contribution in [3.63, 3.8) is 0 Å². The molecule has 0 saturated heterocycles. The minimum Gasteiger partial charge on any atom is -0.478 e. The minimum absolute atomic E-state index is 0.243. The molecule has 0 aliphatic heterocycles. The zero-order valence-electron chi connectivity index (χ0n) is 9.19. The van der Waals surface area contributed by atoms with Gasteiger partial charge in [-0.25, -0.2) is 4.79 Å². The summed E-state index contributed by atoms with van der Waals surface area (Å²) in [5, 5.41) is 8.81. The van der Waals surface area contributed by atoms with Gasteiger partial charge < -0.3 is 9.84 Å². The summed E-state index contributed by atoms with van der Waals surface area (Å²) in [5.41, 5.74) is -1.24. The topological polar surface area (TPSA) is 63.6 Å². The lowest BCUT2D eigenvalue weighted by molar-refractivity contribution is -0.163. The van der Waals surface area contributed by atoms with Crippen LogP contribution in [-0.4, -0.2) is 17.0 Å². The molecule has 0 fully saturated rings. The largest absolute Gasteiger partial charge is 0.478 e. The first-order chi connectivity index (χ1) is 8.21. The molecule has 18 heavy (non-hydrogen) atoms. The van der Waals surface area contributed by atoms with E-state index < -0.39 is 29.8 Å². The number of alkyl halides is 3. The third-order valence-electron chi connectivity index (χ3n) is 2.02. The Morgan fingerprint density at radius 1 is 1.33 bits per heavy atom. The molecule has 4 nitrogen and oxygen atoms in total. The molecule has 0 aliphatic carbocycles. The van der Waals surface area contributed by atoms with Crippen molar-refractivity contribution in [3.05, 3.63) is 35.4 Å². The normalized spacial score (nSPS) is 12.9. The molecule has 1 atom stereocenters. The smallest absolute Gasteiger partial charge is 0.416 e. The molecule has 0 radical (unpaired) electrons. The van der Waals surface area contributed by atoms with Gasteiger partial charge >= 0.3 is 18.1 Å². The molecular formula is C11H9F3O4. The van der Waals surface area contributed by atoms with Gasteiger partial charge in [-0.15, -0.1) is 0 Å². The molecule has 1 N–H and O–H groups in total. The van der Waals surface area contributed by atoms with Crippen molar-refractivity contribution in [3.8, 4) is 0 Å². The van der Waals surface area contributed by atoms with Crippen LogP contribution in [0.25, 0.3) is 0 Å². The van der Waals surface area contributed by atoms with Gasteiger partial charge in [0.05, 0.1) is 5.56 Å². The number of carbonyl (C=O) groups excluding carboxylic acids is 1. The molecule has 98 valence electrons. The van der Waals surface area contributed by atoms with Gasteiger partial charge in [0, 0.05) is 12.5 Å². The third kappa shape index (κ3) is 3.47. The molecule has 0 heterocycles. The Hall–Kier alpha value is -2.05. The van der Waals surface area contributed by atoms with E-state index in [1.165, 1.54) is 0 Å². The van der Waals surface area contributed by atoms with Crippen LogP contribution in [0.4, 0.5) is 13.2 Å². The number of ether oxygens (including phenoxy) is 1. The fraction of sp³-hybridized carbons (Fsp3) is 0.273. The quantitative estimate of drug-likeness (QED) is 0.849. The summed E-state index contributed by atoms with van der Waals surface area (Å²) >= 11 is 0.